The summed E-state index contributed by atoms with van der Waals surface area (Å²) in [6.07, 6.45) is 1.72. The number of nitrogens with zero attached hydrogens (tertiary/aromatic N) is 1. The second-order valence-corrected chi connectivity index (χ2v) is 4.92. The third kappa shape index (κ3) is 4.06. The second-order valence-electron chi connectivity index (χ2n) is 4.00. The third-order valence-corrected chi connectivity index (χ3v) is 3.01. The maximum Gasteiger partial charge on any atom is 0.338 e. The van der Waals surface area contributed by atoms with Crippen LogP contribution >= 0.6 is 15.9 Å². The van der Waals surface area contributed by atoms with Crippen molar-refractivity contribution in [3.05, 3.63) is 58.3 Å². The quantitative estimate of drug-likeness (QED) is 0.783. The lowest BCUT2D eigenvalue weighted by atomic mass is 10.2. The Bertz CT molecular complexity index is 567. The molecule has 5 heteroatoms. The Morgan fingerprint density at radius 1 is 1.20 bits per heavy atom. The predicted molar refractivity (Wildman–Crippen MR) is 78.7 cm³/mol. The second kappa shape index (κ2) is 7.05. The fraction of sp³-hybridized carbons (Fsp3) is 0.200. The molecule has 1 aromatic carbocycles. The molecule has 4 nitrogen and oxygen atoms in total. The first-order chi connectivity index (χ1) is 9.69. The van der Waals surface area contributed by atoms with Crippen molar-refractivity contribution in [2.75, 3.05) is 6.61 Å². The first-order valence-electron chi connectivity index (χ1n) is 6.19. The van der Waals surface area contributed by atoms with Gasteiger partial charge in [0.15, 0.2) is 0 Å². The summed E-state index contributed by atoms with van der Waals surface area (Å²) in [7, 11) is 0. The highest BCUT2D eigenvalue weighted by molar-refractivity contribution is 9.10. The number of pyridine rings is 1. The molecule has 0 unspecified atom stereocenters. The van der Waals surface area contributed by atoms with Crippen LogP contribution in [0.2, 0.25) is 0 Å². The van der Waals surface area contributed by atoms with Crippen molar-refractivity contribution in [1.29, 1.82) is 0 Å². The number of carbonyl (C=O) groups is 1. The summed E-state index contributed by atoms with van der Waals surface area (Å²) in [4.78, 5) is 15.7. The Kier molecular flexibility index (Phi) is 5.12. The van der Waals surface area contributed by atoms with E-state index in [1.54, 1.807) is 37.4 Å². The van der Waals surface area contributed by atoms with Crippen LogP contribution in [0.4, 0.5) is 0 Å². The van der Waals surface area contributed by atoms with Gasteiger partial charge in [-0.2, -0.15) is 0 Å². The van der Waals surface area contributed by atoms with E-state index in [0.29, 0.717) is 24.5 Å². The van der Waals surface area contributed by atoms with Crippen molar-refractivity contribution < 1.29 is 14.3 Å². The summed E-state index contributed by atoms with van der Waals surface area (Å²) >= 11 is 3.33. The average molecular weight is 336 g/mol. The topological polar surface area (TPSA) is 48.4 Å². The molecule has 0 aliphatic rings. The highest BCUT2D eigenvalue weighted by atomic mass is 79.9. The smallest absolute Gasteiger partial charge is 0.338 e. The molecular formula is C15H14BrNO3. The molecule has 0 amide bonds. The Labute approximate surface area is 125 Å². The monoisotopic (exact) mass is 335 g/mol. The standard InChI is InChI=1S/C15H14BrNO3/c1-2-19-15(18)11-3-7-14(8-4-11)20-10-13-6-5-12(16)9-17-13/h3-9H,2,10H2,1H3. The number of esters is 1. The Balaban J connectivity index is 1.93. The van der Waals surface area contributed by atoms with E-state index in [2.05, 4.69) is 20.9 Å². The van der Waals surface area contributed by atoms with E-state index in [-0.39, 0.29) is 5.97 Å². The molecule has 0 saturated carbocycles. The van der Waals surface area contributed by atoms with Crippen LogP contribution in [0.5, 0.6) is 5.75 Å². The Hall–Kier alpha value is -1.88. The number of hydrogen-bond acceptors (Lipinski definition) is 4. The number of carbonyl (C=O) groups excluding carboxylic acids is 1. The number of rotatable bonds is 5. The van der Waals surface area contributed by atoms with Crippen LogP contribution in [0.15, 0.2) is 47.1 Å². The molecule has 0 saturated heterocycles. The van der Waals surface area contributed by atoms with Crippen LogP contribution < -0.4 is 4.74 Å². The van der Waals surface area contributed by atoms with Gasteiger partial charge in [-0.25, -0.2) is 4.79 Å². The number of ether oxygens (including phenoxy) is 2. The minimum Gasteiger partial charge on any atom is -0.487 e. The van der Waals surface area contributed by atoms with Gasteiger partial charge >= 0.3 is 5.97 Å². The highest BCUT2D eigenvalue weighted by Gasteiger charge is 2.06. The zero-order valence-electron chi connectivity index (χ0n) is 11.0. The van der Waals surface area contributed by atoms with E-state index in [0.717, 1.165) is 10.2 Å². The normalized spacial score (nSPS) is 10.1. The first kappa shape index (κ1) is 14.5. The molecule has 1 heterocycles. The number of aromatic nitrogens is 1. The van der Waals surface area contributed by atoms with E-state index in [4.69, 9.17) is 9.47 Å². The average Bonchev–Trinajstić information content (AvgIpc) is 2.47. The lowest BCUT2D eigenvalue weighted by Gasteiger charge is -2.07. The van der Waals surface area contributed by atoms with Crippen molar-refractivity contribution >= 4 is 21.9 Å². The van der Waals surface area contributed by atoms with Crippen LogP contribution in [0, 0.1) is 0 Å². The van der Waals surface area contributed by atoms with Crippen LogP contribution in [0.25, 0.3) is 0 Å². The first-order valence-corrected chi connectivity index (χ1v) is 6.98. The Morgan fingerprint density at radius 3 is 2.55 bits per heavy atom. The summed E-state index contributed by atoms with van der Waals surface area (Å²) in [5.74, 6) is 0.358. The van der Waals surface area contributed by atoms with Crippen LogP contribution in [-0.2, 0) is 11.3 Å². The summed E-state index contributed by atoms with van der Waals surface area (Å²) in [5.41, 5.74) is 1.35. The molecule has 104 valence electrons. The molecule has 2 rings (SSSR count). The van der Waals surface area contributed by atoms with Crippen LogP contribution in [0.1, 0.15) is 23.0 Å². The van der Waals surface area contributed by atoms with Gasteiger partial charge in [0.1, 0.15) is 12.4 Å². The van der Waals surface area contributed by atoms with E-state index >= 15 is 0 Å². The summed E-state index contributed by atoms with van der Waals surface area (Å²) in [5, 5.41) is 0. The molecular weight excluding hydrogens is 322 g/mol. The largest absolute Gasteiger partial charge is 0.487 e. The molecule has 0 fully saturated rings. The fourth-order valence-electron chi connectivity index (χ4n) is 1.55. The molecule has 1 aromatic heterocycles. The van der Waals surface area contributed by atoms with Gasteiger partial charge in [0, 0.05) is 10.7 Å². The number of benzene rings is 1. The fourth-order valence-corrected chi connectivity index (χ4v) is 1.79. The molecule has 20 heavy (non-hydrogen) atoms. The van der Waals surface area contributed by atoms with Crippen molar-refractivity contribution in [3.63, 3.8) is 0 Å². The van der Waals surface area contributed by atoms with Gasteiger partial charge in [-0.3, -0.25) is 4.98 Å². The maximum absolute atomic E-state index is 11.5. The zero-order chi connectivity index (χ0) is 14.4. The zero-order valence-corrected chi connectivity index (χ0v) is 12.6. The Morgan fingerprint density at radius 2 is 1.95 bits per heavy atom. The van der Waals surface area contributed by atoms with E-state index in [9.17, 15) is 4.79 Å². The van der Waals surface area contributed by atoms with Gasteiger partial charge in [0.2, 0.25) is 0 Å². The SMILES string of the molecule is CCOC(=O)c1ccc(OCc2ccc(Br)cn2)cc1. The molecule has 0 aliphatic carbocycles. The minimum absolute atomic E-state index is 0.325. The van der Waals surface area contributed by atoms with Crippen molar-refractivity contribution in [2.24, 2.45) is 0 Å². The molecule has 2 aromatic rings. The van der Waals surface area contributed by atoms with E-state index in [1.807, 2.05) is 12.1 Å². The van der Waals surface area contributed by atoms with Crippen molar-refractivity contribution in [3.8, 4) is 5.75 Å². The lowest BCUT2D eigenvalue weighted by Crippen LogP contribution is -2.04. The minimum atomic E-state index is -0.325. The molecule has 0 spiro atoms. The van der Waals surface area contributed by atoms with E-state index < -0.39 is 0 Å². The molecule has 0 N–H and O–H groups in total. The molecule has 0 aliphatic heterocycles. The molecule has 0 bridgehead atoms. The van der Waals surface area contributed by atoms with Gasteiger partial charge in [0.25, 0.3) is 0 Å². The van der Waals surface area contributed by atoms with Gasteiger partial charge in [0.05, 0.1) is 17.9 Å². The maximum atomic E-state index is 11.5. The number of halogens is 1. The van der Waals surface area contributed by atoms with Crippen molar-refractivity contribution in [2.45, 2.75) is 13.5 Å². The van der Waals surface area contributed by atoms with E-state index in [1.165, 1.54) is 0 Å². The highest BCUT2D eigenvalue weighted by Crippen LogP contribution is 2.15. The number of hydrogen-bond donors (Lipinski definition) is 0. The van der Waals surface area contributed by atoms with Crippen molar-refractivity contribution in [1.82, 2.24) is 4.98 Å². The third-order valence-electron chi connectivity index (χ3n) is 2.54. The van der Waals surface area contributed by atoms with Gasteiger partial charge in [-0.05, 0) is 59.3 Å². The van der Waals surface area contributed by atoms with Gasteiger partial charge in [-0.1, -0.05) is 0 Å². The molecule has 0 atom stereocenters. The summed E-state index contributed by atoms with van der Waals surface area (Å²) in [6.45, 7) is 2.53. The summed E-state index contributed by atoms with van der Waals surface area (Å²) < 4.78 is 11.4. The lowest BCUT2D eigenvalue weighted by molar-refractivity contribution is 0.0526. The van der Waals surface area contributed by atoms with Gasteiger partial charge in [-0.15, -0.1) is 0 Å². The molecule has 0 radical (unpaired) electrons. The predicted octanol–water partition coefficient (Wildman–Crippen LogP) is 3.60. The van der Waals surface area contributed by atoms with Crippen LogP contribution in [-0.4, -0.2) is 17.6 Å². The van der Waals surface area contributed by atoms with Gasteiger partial charge < -0.3 is 9.47 Å². The summed E-state index contributed by atoms with van der Waals surface area (Å²) in [6, 6.07) is 10.6. The van der Waals surface area contributed by atoms with Crippen LogP contribution in [0.3, 0.4) is 0 Å².